The van der Waals surface area contributed by atoms with Gasteiger partial charge < -0.3 is 15.4 Å². The SMILES string of the molecule is CN=C(NCc1ccc(C)cc1OC1CCCC1)NCC(C)Cn1cccn1.I. The highest BCUT2D eigenvalue weighted by atomic mass is 127. The number of nitrogens with zero attached hydrogens (tertiary/aromatic N) is 3. The number of aryl methyl sites for hydroxylation is 1. The second kappa shape index (κ2) is 12.0. The highest BCUT2D eigenvalue weighted by molar-refractivity contribution is 14.0. The van der Waals surface area contributed by atoms with Crippen LogP contribution in [0.2, 0.25) is 0 Å². The highest BCUT2D eigenvalue weighted by Crippen LogP contribution is 2.27. The monoisotopic (exact) mass is 511 g/mol. The lowest BCUT2D eigenvalue weighted by Gasteiger charge is -2.19. The van der Waals surface area contributed by atoms with E-state index in [0.29, 0.717) is 18.6 Å². The summed E-state index contributed by atoms with van der Waals surface area (Å²) in [5.74, 6) is 2.25. The average Bonchev–Trinajstić information content (AvgIpc) is 3.37. The summed E-state index contributed by atoms with van der Waals surface area (Å²) in [4.78, 5) is 4.35. The third-order valence-corrected chi connectivity index (χ3v) is 5.16. The van der Waals surface area contributed by atoms with Gasteiger partial charge in [-0.05, 0) is 56.2 Å². The Balaban J connectivity index is 0.00000300. The Kier molecular flexibility index (Phi) is 9.76. The Bertz CT molecular complexity index is 757. The van der Waals surface area contributed by atoms with Gasteiger partial charge in [-0.15, -0.1) is 24.0 Å². The van der Waals surface area contributed by atoms with Gasteiger partial charge in [-0.2, -0.15) is 5.10 Å². The van der Waals surface area contributed by atoms with Crippen LogP contribution in [0.3, 0.4) is 0 Å². The molecule has 2 aromatic rings. The molecule has 1 saturated carbocycles. The fraction of sp³-hybridized carbons (Fsp3) is 0.545. The number of hydrogen-bond acceptors (Lipinski definition) is 3. The quantitative estimate of drug-likeness (QED) is 0.318. The van der Waals surface area contributed by atoms with Gasteiger partial charge in [0, 0.05) is 44.6 Å². The average molecular weight is 511 g/mol. The molecule has 160 valence electrons. The van der Waals surface area contributed by atoms with Crippen molar-refractivity contribution >= 4 is 29.9 Å². The van der Waals surface area contributed by atoms with E-state index >= 15 is 0 Å². The second-order valence-electron chi connectivity index (χ2n) is 7.78. The van der Waals surface area contributed by atoms with E-state index in [1.54, 1.807) is 7.05 Å². The zero-order valence-electron chi connectivity index (χ0n) is 17.7. The smallest absolute Gasteiger partial charge is 0.191 e. The number of rotatable bonds is 8. The number of guanidine groups is 1. The van der Waals surface area contributed by atoms with Gasteiger partial charge >= 0.3 is 0 Å². The maximum absolute atomic E-state index is 6.30. The summed E-state index contributed by atoms with van der Waals surface area (Å²) in [5, 5.41) is 11.1. The van der Waals surface area contributed by atoms with Gasteiger partial charge in [0.1, 0.15) is 5.75 Å². The minimum atomic E-state index is 0. The molecule has 0 saturated heterocycles. The molecule has 1 aliphatic carbocycles. The second-order valence-corrected chi connectivity index (χ2v) is 7.78. The third-order valence-electron chi connectivity index (χ3n) is 5.16. The Morgan fingerprint density at radius 3 is 2.79 bits per heavy atom. The zero-order chi connectivity index (χ0) is 19.8. The largest absolute Gasteiger partial charge is 0.490 e. The van der Waals surface area contributed by atoms with E-state index in [9.17, 15) is 0 Å². The maximum atomic E-state index is 6.30. The Morgan fingerprint density at radius 2 is 2.10 bits per heavy atom. The first-order valence-corrected chi connectivity index (χ1v) is 10.3. The summed E-state index contributed by atoms with van der Waals surface area (Å²) in [6.07, 6.45) is 9.05. The van der Waals surface area contributed by atoms with E-state index in [1.807, 2.05) is 23.1 Å². The Labute approximate surface area is 191 Å². The number of aliphatic imine (C=N–C) groups is 1. The standard InChI is InChI=1S/C22H33N5O.HI/c1-17-9-10-19(21(13-17)28-20-7-4-5-8-20)15-25-22(23-3)24-14-18(2)16-27-12-6-11-26-27;/h6,9-13,18,20H,4-5,7-8,14-16H2,1-3H3,(H2,23,24,25);1H. The van der Waals surface area contributed by atoms with E-state index in [1.165, 1.54) is 24.0 Å². The van der Waals surface area contributed by atoms with Gasteiger partial charge in [0.05, 0.1) is 6.10 Å². The fourth-order valence-corrected chi connectivity index (χ4v) is 3.57. The van der Waals surface area contributed by atoms with Crippen molar-refractivity contribution in [1.29, 1.82) is 0 Å². The molecule has 29 heavy (non-hydrogen) atoms. The lowest BCUT2D eigenvalue weighted by atomic mass is 10.1. The first kappa shape index (κ1) is 23.5. The molecule has 0 radical (unpaired) electrons. The van der Waals surface area contributed by atoms with Crippen LogP contribution in [0.4, 0.5) is 0 Å². The summed E-state index contributed by atoms with van der Waals surface area (Å²) in [6.45, 7) is 6.72. The molecule has 1 unspecified atom stereocenters. The third kappa shape index (κ3) is 7.53. The van der Waals surface area contributed by atoms with Crippen LogP contribution in [0, 0.1) is 12.8 Å². The molecule has 0 aliphatic heterocycles. The van der Waals surface area contributed by atoms with Crippen molar-refractivity contribution in [1.82, 2.24) is 20.4 Å². The molecule has 3 rings (SSSR count). The molecule has 0 bridgehead atoms. The number of hydrogen-bond donors (Lipinski definition) is 2. The van der Waals surface area contributed by atoms with E-state index in [-0.39, 0.29) is 24.0 Å². The lowest BCUT2D eigenvalue weighted by molar-refractivity contribution is 0.207. The summed E-state index contributed by atoms with van der Waals surface area (Å²) >= 11 is 0. The molecular weight excluding hydrogens is 477 g/mol. The van der Waals surface area contributed by atoms with E-state index in [2.05, 4.69) is 52.8 Å². The maximum Gasteiger partial charge on any atom is 0.191 e. The van der Waals surface area contributed by atoms with Crippen LogP contribution in [0.5, 0.6) is 5.75 Å². The Morgan fingerprint density at radius 1 is 1.31 bits per heavy atom. The van der Waals surface area contributed by atoms with Crippen molar-refractivity contribution in [2.24, 2.45) is 10.9 Å². The minimum absolute atomic E-state index is 0. The number of benzene rings is 1. The van der Waals surface area contributed by atoms with Gasteiger partial charge in [-0.25, -0.2) is 0 Å². The van der Waals surface area contributed by atoms with Crippen molar-refractivity contribution in [3.63, 3.8) is 0 Å². The van der Waals surface area contributed by atoms with Gasteiger partial charge in [0.2, 0.25) is 0 Å². The van der Waals surface area contributed by atoms with Gasteiger partial charge in [0.25, 0.3) is 0 Å². The van der Waals surface area contributed by atoms with Crippen LogP contribution in [-0.4, -0.2) is 35.4 Å². The normalized spacial score (nSPS) is 15.6. The molecular formula is C22H34IN5O. The van der Waals surface area contributed by atoms with Crippen molar-refractivity contribution in [3.05, 3.63) is 47.8 Å². The van der Waals surface area contributed by atoms with Crippen molar-refractivity contribution in [2.45, 2.75) is 58.7 Å². The van der Waals surface area contributed by atoms with Gasteiger partial charge in [-0.1, -0.05) is 19.1 Å². The first-order valence-electron chi connectivity index (χ1n) is 10.3. The van der Waals surface area contributed by atoms with Crippen LogP contribution in [-0.2, 0) is 13.1 Å². The van der Waals surface area contributed by atoms with Gasteiger partial charge in [0.15, 0.2) is 5.96 Å². The molecule has 6 nitrogen and oxygen atoms in total. The first-order chi connectivity index (χ1) is 13.6. The van der Waals surface area contributed by atoms with Crippen LogP contribution in [0.1, 0.15) is 43.7 Å². The van der Waals surface area contributed by atoms with E-state index < -0.39 is 0 Å². The Hall–Kier alpha value is -1.77. The van der Waals surface area contributed by atoms with E-state index in [4.69, 9.17) is 4.74 Å². The molecule has 7 heteroatoms. The van der Waals surface area contributed by atoms with Crippen LogP contribution in [0.15, 0.2) is 41.7 Å². The summed E-state index contributed by atoms with van der Waals surface area (Å²) in [7, 11) is 1.80. The van der Waals surface area contributed by atoms with Crippen molar-refractivity contribution in [3.8, 4) is 5.75 Å². The molecule has 1 heterocycles. The fourth-order valence-electron chi connectivity index (χ4n) is 3.57. The predicted molar refractivity (Wildman–Crippen MR) is 129 cm³/mol. The number of aromatic nitrogens is 2. The van der Waals surface area contributed by atoms with Crippen LogP contribution >= 0.6 is 24.0 Å². The highest BCUT2D eigenvalue weighted by Gasteiger charge is 2.18. The summed E-state index contributed by atoms with van der Waals surface area (Å²) < 4.78 is 8.26. The zero-order valence-corrected chi connectivity index (χ0v) is 20.1. The van der Waals surface area contributed by atoms with Crippen molar-refractivity contribution in [2.75, 3.05) is 13.6 Å². The molecule has 1 aliphatic rings. The van der Waals surface area contributed by atoms with Crippen LogP contribution in [0.25, 0.3) is 0 Å². The van der Waals surface area contributed by atoms with Crippen LogP contribution < -0.4 is 15.4 Å². The lowest BCUT2D eigenvalue weighted by Crippen LogP contribution is -2.39. The topological polar surface area (TPSA) is 63.5 Å². The number of halogens is 1. The molecule has 0 spiro atoms. The summed E-state index contributed by atoms with van der Waals surface area (Å²) in [6, 6.07) is 8.40. The minimum Gasteiger partial charge on any atom is -0.490 e. The molecule has 1 aromatic heterocycles. The molecule has 1 aromatic carbocycles. The van der Waals surface area contributed by atoms with Crippen molar-refractivity contribution < 1.29 is 4.74 Å². The molecule has 1 fully saturated rings. The number of nitrogens with one attached hydrogen (secondary N) is 2. The van der Waals surface area contributed by atoms with E-state index in [0.717, 1.165) is 37.6 Å². The number of ether oxygens (including phenoxy) is 1. The van der Waals surface area contributed by atoms with Gasteiger partial charge in [-0.3, -0.25) is 9.67 Å². The molecule has 2 N–H and O–H groups in total. The summed E-state index contributed by atoms with van der Waals surface area (Å²) in [5.41, 5.74) is 2.40. The predicted octanol–water partition coefficient (Wildman–Crippen LogP) is 4.13. The molecule has 0 amide bonds. The molecule has 1 atom stereocenters.